The number of carboxylic acids is 1. The van der Waals surface area contributed by atoms with Crippen molar-refractivity contribution in [2.75, 3.05) is 26.7 Å². The van der Waals surface area contributed by atoms with E-state index in [2.05, 4.69) is 19.9 Å². The summed E-state index contributed by atoms with van der Waals surface area (Å²) in [7, 11) is 1.58. The Labute approximate surface area is 205 Å². The molecule has 1 aromatic carbocycles. The van der Waals surface area contributed by atoms with Crippen molar-refractivity contribution < 1.29 is 19.0 Å². The third kappa shape index (κ3) is 6.51. The zero-order valence-corrected chi connectivity index (χ0v) is 20.1. The number of hydrogen-bond acceptors (Lipinski definition) is 6. The van der Waals surface area contributed by atoms with Crippen molar-refractivity contribution in [1.29, 1.82) is 0 Å². The number of benzene rings is 1. The Bertz CT molecular complexity index is 1110. The van der Waals surface area contributed by atoms with Gasteiger partial charge in [0.25, 0.3) is 0 Å². The highest BCUT2D eigenvalue weighted by Crippen LogP contribution is 2.35. The van der Waals surface area contributed by atoms with Crippen molar-refractivity contribution in [3.05, 3.63) is 60.3 Å². The number of alkyl halides is 1. The molecule has 35 heavy (non-hydrogen) atoms. The molecule has 1 aliphatic heterocycles. The summed E-state index contributed by atoms with van der Waals surface area (Å²) in [5.74, 6) is -0.609. The molecule has 7 nitrogen and oxygen atoms in total. The second-order valence-electron chi connectivity index (χ2n) is 9.28. The number of aryl methyl sites for hydroxylation is 1. The van der Waals surface area contributed by atoms with E-state index in [1.807, 2.05) is 24.3 Å². The molecular formula is C27H33FN4O3. The summed E-state index contributed by atoms with van der Waals surface area (Å²) >= 11 is 0. The number of fused-ring (bicyclic) bond motifs is 1. The summed E-state index contributed by atoms with van der Waals surface area (Å²) in [5, 5.41) is 10.6. The molecule has 0 spiro atoms. The third-order valence-electron chi connectivity index (χ3n) is 7.07. The molecule has 0 saturated carbocycles. The fraction of sp³-hybridized carbons (Fsp3) is 0.481. The number of carbonyl (C=O) groups is 1. The molecule has 1 N–H and O–H groups in total. The standard InChI is InChI=1S/C27H33FN4O3/c1-35-21-6-8-26-23(16-21)22(10-13-30-26)25(28)7-5-19-11-15-32(17-24(19)27(33)34)14-3-2-4-20-9-12-29-18-31-20/h6,8-10,12-13,16,18-19,24-25H,2-5,7,11,14-15,17H2,1H3,(H,33,34)/t19-,24+,25?/m1/s1. The first-order chi connectivity index (χ1) is 17.0. The number of aliphatic carboxylic acids is 1. The number of ether oxygens (including phenoxy) is 1. The molecule has 1 aliphatic rings. The predicted octanol–water partition coefficient (Wildman–Crippen LogP) is 4.87. The van der Waals surface area contributed by atoms with Crippen LogP contribution >= 0.6 is 0 Å². The van der Waals surface area contributed by atoms with Crippen LogP contribution in [0.3, 0.4) is 0 Å². The second kappa shape index (κ2) is 12.0. The SMILES string of the molecule is COc1ccc2nccc(C(F)CC[C@@H]3CCN(CCCCc4ccncn4)C[C@@H]3C(=O)O)c2c1. The number of piperidine rings is 1. The summed E-state index contributed by atoms with van der Waals surface area (Å²) in [4.78, 5) is 26.8. The summed E-state index contributed by atoms with van der Waals surface area (Å²) in [6, 6.07) is 9.09. The zero-order valence-electron chi connectivity index (χ0n) is 20.1. The van der Waals surface area contributed by atoms with Crippen molar-refractivity contribution in [3.63, 3.8) is 0 Å². The number of likely N-dealkylation sites (tertiary alicyclic amines) is 1. The van der Waals surface area contributed by atoms with Gasteiger partial charge in [-0.15, -0.1) is 0 Å². The Kier molecular flexibility index (Phi) is 8.58. The first kappa shape index (κ1) is 25.0. The Hall–Kier alpha value is -3.13. The van der Waals surface area contributed by atoms with Crippen LogP contribution < -0.4 is 4.74 Å². The number of carboxylic acid groups (broad SMARTS) is 1. The quantitative estimate of drug-likeness (QED) is 0.392. The van der Waals surface area contributed by atoms with E-state index in [0.29, 0.717) is 30.7 Å². The number of methoxy groups -OCH3 is 1. The maximum absolute atomic E-state index is 15.4. The van der Waals surface area contributed by atoms with E-state index in [4.69, 9.17) is 4.74 Å². The van der Waals surface area contributed by atoms with Gasteiger partial charge in [0.05, 0.1) is 18.5 Å². The Morgan fingerprint density at radius 3 is 2.89 bits per heavy atom. The van der Waals surface area contributed by atoms with Crippen molar-refractivity contribution in [2.24, 2.45) is 11.8 Å². The monoisotopic (exact) mass is 480 g/mol. The van der Waals surface area contributed by atoms with Crippen LogP contribution in [-0.2, 0) is 11.2 Å². The van der Waals surface area contributed by atoms with Crippen LogP contribution in [0.2, 0.25) is 0 Å². The van der Waals surface area contributed by atoms with Crippen molar-refractivity contribution in [1.82, 2.24) is 19.9 Å². The first-order valence-corrected chi connectivity index (χ1v) is 12.3. The van der Waals surface area contributed by atoms with E-state index >= 15 is 4.39 Å². The molecule has 0 bridgehead atoms. The van der Waals surface area contributed by atoms with Gasteiger partial charge in [-0.05, 0) is 93.4 Å². The number of unbranched alkanes of at least 4 members (excludes halogenated alkanes) is 1. The minimum atomic E-state index is -1.18. The van der Waals surface area contributed by atoms with Crippen molar-refractivity contribution in [2.45, 2.75) is 44.7 Å². The van der Waals surface area contributed by atoms with Crippen LogP contribution in [0.1, 0.15) is 49.5 Å². The van der Waals surface area contributed by atoms with Crippen LogP contribution in [-0.4, -0.2) is 57.7 Å². The molecule has 3 heterocycles. The highest BCUT2D eigenvalue weighted by molar-refractivity contribution is 5.83. The van der Waals surface area contributed by atoms with Crippen LogP contribution in [0.4, 0.5) is 4.39 Å². The summed E-state index contributed by atoms with van der Waals surface area (Å²) in [6.07, 6.45) is 8.28. The lowest BCUT2D eigenvalue weighted by Crippen LogP contribution is -2.44. The second-order valence-corrected chi connectivity index (χ2v) is 9.28. The van der Waals surface area contributed by atoms with Gasteiger partial charge in [0, 0.05) is 30.0 Å². The van der Waals surface area contributed by atoms with Gasteiger partial charge in [0.1, 0.15) is 18.2 Å². The normalized spacial score (nSPS) is 19.5. The van der Waals surface area contributed by atoms with Gasteiger partial charge in [0.2, 0.25) is 0 Å². The fourth-order valence-electron chi connectivity index (χ4n) is 5.07. The van der Waals surface area contributed by atoms with Crippen molar-refractivity contribution in [3.8, 4) is 5.75 Å². The molecule has 3 aromatic rings. The van der Waals surface area contributed by atoms with Gasteiger partial charge < -0.3 is 14.7 Å². The van der Waals surface area contributed by atoms with Gasteiger partial charge in [-0.1, -0.05) is 0 Å². The molecule has 1 unspecified atom stereocenters. The van der Waals surface area contributed by atoms with Crippen LogP contribution in [0.5, 0.6) is 5.75 Å². The molecule has 0 aliphatic carbocycles. The average Bonchev–Trinajstić information content (AvgIpc) is 2.89. The molecule has 1 fully saturated rings. The lowest BCUT2D eigenvalue weighted by atomic mass is 9.81. The van der Waals surface area contributed by atoms with Gasteiger partial charge in [0.15, 0.2) is 0 Å². The van der Waals surface area contributed by atoms with E-state index < -0.39 is 18.1 Å². The Balaban J connectivity index is 1.30. The van der Waals surface area contributed by atoms with Gasteiger partial charge in [-0.2, -0.15) is 0 Å². The molecule has 3 atom stereocenters. The molecule has 8 heteroatoms. The summed E-state index contributed by atoms with van der Waals surface area (Å²) in [6.45, 7) is 2.26. The van der Waals surface area contributed by atoms with E-state index in [0.717, 1.165) is 55.4 Å². The molecule has 0 amide bonds. The molecular weight excluding hydrogens is 447 g/mol. The molecule has 186 valence electrons. The number of rotatable bonds is 11. The first-order valence-electron chi connectivity index (χ1n) is 12.3. The maximum Gasteiger partial charge on any atom is 0.308 e. The number of halogens is 1. The fourth-order valence-corrected chi connectivity index (χ4v) is 5.07. The van der Waals surface area contributed by atoms with Crippen molar-refractivity contribution >= 4 is 16.9 Å². The van der Waals surface area contributed by atoms with Crippen LogP contribution in [0, 0.1) is 11.8 Å². The Morgan fingerprint density at radius 2 is 2.11 bits per heavy atom. The van der Waals surface area contributed by atoms with Gasteiger partial charge in [-0.3, -0.25) is 9.78 Å². The molecule has 4 rings (SSSR count). The van der Waals surface area contributed by atoms with E-state index in [-0.39, 0.29) is 5.92 Å². The lowest BCUT2D eigenvalue weighted by Gasteiger charge is -2.37. The highest BCUT2D eigenvalue weighted by Gasteiger charge is 2.34. The Morgan fingerprint density at radius 1 is 1.23 bits per heavy atom. The number of hydrogen-bond donors (Lipinski definition) is 1. The summed E-state index contributed by atoms with van der Waals surface area (Å²) in [5.41, 5.74) is 2.34. The maximum atomic E-state index is 15.4. The molecule has 2 aromatic heterocycles. The van der Waals surface area contributed by atoms with Gasteiger partial charge in [-0.25, -0.2) is 14.4 Å². The van der Waals surface area contributed by atoms with E-state index in [9.17, 15) is 9.90 Å². The minimum Gasteiger partial charge on any atom is -0.497 e. The molecule has 1 saturated heterocycles. The van der Waals surface area contributed by atoms with Crippen LogP contribution in [0.25, 0.3) is 10.9 Å². The van der Waals surface area contributed by atoms with E-state index in [1.54, 1.807) is 31.9 Å². The largest absolute Gasteiger partial charge is 0.497 e. The topological polar surface area (TPSA) is 88.4 Å². The smallest absolute Gasteiger partial charge is 0.308 e. The zero-order chi connectivity index (χ0) is 24.6. The van der Waals surface area contributed by atoms with Crippen LogP contribution in [0.15, 0.2) is 49.1 Å². The van der Waals surface area contributed by atoms with Gasteiger partial charge >= 0.3 is 5.97 Å². The third-order valence-corrected chi connectivity index (χ3v) is 7.07. The minimum absolute atomic E-state index is 0.0225. The summed E-state index contributed by atoms with van der Waals surface area (Å²) < 4.78 is 20.7. The number of pyridine rings is 1. The number of nitrogens with zero attached hydrogens (tertiary/aromatic N) is 4. The number of aromatic nitrogens is 3. The predicted molar refractivity (Wildman–Crippen MR) is 132 cm³/mol. The highest BCUT2D eigenvalue weighted by atomic mass is 19.1. The lowest BCUT2D eigenvalue weighted by molar-refractivity contribution is -0.146. The average molecular weight is 481 g/mol. The van der Waals surface area contributed by atoms with E-state index in [1.165, 1.54) is 0 Å². The molecule has 0 radical (unpaired) electrons.